The summed E-state index contributed by atoms with van der Waals surface area (Å²) < 4.78 is 9.88. The average Bonchev–Trinajstić information content (AvgIpc) is 3.65. The normalized spacial score (nSPS) is 11.6. The van der Waals surface area contributed by atoms with Gasteiger partial charge in [0.15, 0.2) is 0 Å². The van der Waals surface area contributed by atoms with Gasteiger partial charge in [-0.3, -0.25) is 4.98 Å². The summed E-state index contributed by atoms with van der Waals surface area (Å²) in [4.78, 5) is 14.0. The molecule has 0 bridgehead atoms. The van der Waals surface area contributed by atoms with E-state index in [1.165, 1.54) is 9.78 Å². The molecular weight excluding hydrogens is 805 g/mol. The van der Waals surface area contributed by atoms with E-state index in [2.05, 4.69) is 106 Å². The number of pyridine rings is 2. The Morgan fingerprint density at radius 2 is 1.57 bits per heavy atom. The molecule has 0 amide bonds. The minimum atomic E-state index is -1.72. The van der Waals surface area contributed by atoms with Gasteiger partial charge in [-0.1, -0.05) is 41.3 Å². The maximum absolute atomic E-state index is 6.16. The van der Waals surface area contributed by atoms with Gasteiger partial charge in [0.1, 0.15) is 0 Å². The van der Waals surface area contributed by atoms with E-state index in [1.54, 1.807) is 6.20 Å². The summed E-state index contributed by atoms with van der Waals surface area (Å²) >= 11 is -1.72. The number of imidazole rings is 1. The van der Waals surface area contributed by atoms with Gasteiger partial charge in [0.05, 0.1) is 22.4 Å². The number of nitrogens with zero attached hydrogens (tertiary/aromatic N) is 4. The van der Waals surface area contributed by atoms with Crippen molar-refractivity contribution in [1.29, 1.82) is 0 Å². The minimum Gasteiger partial charge on any atom is 0 e. The molecular formula is C39H34GeIrN4O-2. The van der Waals surface area contributed by atoms with Gasteiger partial charge in [-0.15, -0.1) is 18.2 Å². The molecule has 0 atom stereocenters. The van der Waals surface area contributed by atoms with Crippen molar-refractivity contribution in [2.45, 2.75) is 37.2 Å². The number of fused-ring (bicyclic) bond motifs is 6. The molecule has 8 rings (SSSR count). The molecule has 0 aliphatic carbocycles. The van der Waals surface area contributed by atoms with Crippen LogP contribution in [0.5, 0.6) is 0 Å². The van der Waals surface area contributed by atoms with Gasteiger partial charge >= 0.3 is 99.8 Å². The van der Waals surface area contributed by atoms with E-state index in [-0.39, 0.29) is 26.1 Å². The van der Waals surface area contributed by atoms with E-state index in [0.29, 0.717) is 5.71 Å². The van der Waals surface area contributed by atoms with Crippen LogP contribution >= 0.6 is 0 Å². The molecule has 0 saturated carbocycles. The zero-order valence-electron chi connectivity index (χ0n) is 26.5. The van der Waals surface area contributed by atoms with Gasteiger partial charge in [-0.2, -0.15) is 0 Å². The molecule has 0 N–H and O–H groups in total. The monoisotopic (exact) mass is 841 g/mol. The molecule has 0 spiro atoms. The van der Waals surface area contributed by atoms with Gasteiger partial charge in [-0.05, 0) is 37.4 Å². The number of benzene rings is 4. The van der Waals surface area contributed by atoms with E-state index >= 15 is 0 Å². The Hall–Kier alpha value is -4.10. The fraction of sp³-hybridized carbons (Fsp3) is 0.154. The summed E-state index contributed by atoms with van der Waals surface area (Å²) in [6.45, 7) is 4.36. The van der Waals surface area contributed by atoms with Crippen LogP contribution in [0.15, 0.2) is 114 Å². The fourth-order valence-corrected chi connectivity index (χ4v) is 7.99. The van der Waals surface area contributed by atoms with Gasteiger partial charge in [0, 0.05) is 43.1 Å². The first-order valence-electron chi connectivity index (χ1n) is 15.3. The van der Waals surface area contributed by atoms with Crippen molar-refractivity contribution in [1.82, 2.24) is 19.5 Å². The first kappa shape index (κ1) is 31.9. The maximum Gasteiger partial charge on any atom is 0 e. The molecule has 0 aliphatic heterocycles. The molecule has 1 radical (unpaired) electrons. The van der Waals surface area contributed by atoms with Crippen LogP contribution < -0.4 is 4.40 Å². The third kappa shape index (κ3) is 5.93. The van der Waals surface area contributed by atoms with Crippen LogP contribution in [0.4, 0.5) is 0 Å². The molecule has 0 saturated heterocycles. The third-order valence-electron chi connectivity index (χ3n) is 8.15. The SMILES string of the molecule is CC(C)n1c(-c2[c-]ccc3c2oc2ncccc23)nc2c3ccccc3ccc21.[CH3][Ge]([CH3])([CH3])[c]1ccc(-c2[c-]cccc2)nc1.[Ir]. The fourth-order valence-electron chi connectivity index (χ4n) is 5.82. The van der Waals surface area contributed by atoms with E-state index in [9.17, 15) is 0 Å². The summed E-state index contributed by atoms with van der Waals surface area (Å²) in [6, 6.07) is 39.8. The molecule has 4 heterocycles. The van der Waals surface area contributed by atoms with Crippen molar-refractivity contribution in [3.63, 3.8) is 0 Å². The topological polar surface area (TPSA) is 56.7 Å². The average molecular weight is 840 g/mol. The molecule has 5 nitrogen and oxygen atoms in total. The van der Waals surface area contributed by atoms with Gasteiger partial charge in [-0.25, -0.2) is 4.98 Å². The van der Waals surface area contributed by atoms with Crippen molar-refractivity contribution < 1.29 is 24.5 Å². The van der Waals surface area contributed by atoms with E-state index in [1.807, 2.05) is 54.7 Å². The minimum absolute atomic E-state index is 0. The van der Waals surface area contributed by atoms with Gasteiger partial charge in [0.2, 0.25) is 5.71 Å². The van der Waals surface area contributed by atoms with Crippen LogP contribution in [0.25, 0.3) is 66.5 Å². The van der Waals surface area contributed by atoms with E-state index in [0.717, 1.165) is 55.4 Å². The zero-order valence-corrected chi connectivity index (χ0v) is 31.0. The van der Waals surface area contributed by atoms with Crippen molar-refractivity contribution in [3.05, 3.63) is 122 Å². The molecule has 0 aliphatic rings. The van der Waals surface area contributed by atoms with Crippen molar-refractivity contribution in [2.24, 2.45) is 0 Å². The van der Waals surface area contributed by atoms with E-state index in [4.69, 9.17) is 9.40 Å². The Kier molecular flexibility index (Phi) is 8.97. The number of hydrogen-bond acceptors (Lipinski definition) is 4. The Morgan fingerprint density at radius 3 is 2.30 bits per heavy atom. The van der Waals surface area contributed by atoms with E-state index < -0.39 is 13.3 Å². The van der Waals surface area contributed by atoms with Crippen molar-refractivity contribution in [2.75, 3.05) is 0 Å². The zero-order chi connectivity index (χ0) is 31.1. The summed E-state index contributed by atoms with van der Waals surface area (Å²) in [6.07, 6.45) is 3.79. The molecule has 46 heavy (non-hydrogen) atoms. The second-order valence-corrected chi connectivity index (χ2v) is 23.2. The number of rotatable bonds is 4. The van der Waals surface area contributed by atoms with Crippen LogP contribution in [0, 0.1) is 12.1 Å². The molecule has 4 aromatic heterocycles. The quantitative estimate of drug-likeness (QED) is 0.131. The molecule has 0 unspecified atom stereocenters. The number of aromatic nitrogens is 4. The second-order valence-electron chi connectivity index (χ2n) is 12.6. The predicted octanol–water partition coefficient (Wildman–Crippen LogP) is 9.62. The summed E-state index contributed by atoms with van der Waals surface area (Å²) in [5.41, 5.74) is 6.49. The molecule has 0 fully saturated rings. The number of furan rings is 1. The Morgan fingerprint density at radius 1 is 0.761 bits per heavy atom. The maximum atomic E-state index is 6.16. The van der Waals surface area contributed by atoms with Crippen LogP contribution in [-0.2, 0) is 20.1 Å². The van der Waals surface area contributed by atoms with Crippen LogP contribution in [-0.4, -0.2) is 32.8 Å². The van der Waals surface area contributed by atoms with Crippen LogP contribution in [0.1, 0.15) is 19.9 Å². The van der Waals surface area contributed by atoms with Crippen LogP contribution in [0.2, 0.25) is 17.3 Å². The Labute approximate surface area is 285 Å². The largest absolute Gasteiger partial charge is 0 e. The first-order chi connectivity index (χ1) is 21.8. The molecule has 4 aromatic carbocycles. The smallest absolute Gasteiger partial charge is 0 e. The summed E-state index contributed by atoms with van der Waals surface area (Å²) in [5.74, 6) is 8.01. The van der Waals surface area contributed by atoms with Crippen molar-refractivity contribution in [3.8, 4) is 22.6 Å². The predicted molar refractivity (Wildman–Crippen MR) is 188 cm³/mol. The van der Waals surface area contributed by atoms with Gasteiger partial charge < -0.3 is 8.98 Å². The van der Waals surface area contributed by atoms with Crippen LogP contribution in [0.3, 0.4) is 0 Å². The molecule has 231 valence electrons. The van der Waals surface area contributed by atoms with Gasteiger partial charge in [0.25, 0.3) is 0 Å². The first-order valence-corrected chi connectivity index (χ1v) is 22.7. The Bertz CT molecular complexity index is 2280. The van der Waals surface area contributed by atoms with Crippen molar-refractivity contribution >= 4 is 61.5 Å². The number of hydrogen-bond donors (Lipinski definition) is 0. The molecule has 8 aromatic rings. The standard InChI is InChI=1S/C25H18N3O.C14H16GeN.Ir/c1-15(2)28-21-13-12-16-7-3-4-8-17(16)22(21)27-24(28)20-10-5-9-18-19-11-6-14-26-25(19)29-23(18)20;1-15(2,3)13-9-10-14(16-11-13)12-7-5-4-6-8-12;/h3-9,11-15H,1-2H3;4-7,9-11H,1-3H3;/q2*-1;. The summed E-state index contributed by atoms with van der Waals surface area (Å²) in [5, 5.41) is 4.39. The second kappa shape index (κ2) is 13.0. The Balaban J connectivity index is 0.000000187. The summed E-state index contributed by atoms with van der Waals surface area (Å²) in [7, 11) is 0. The third-order valence-corrected chi connectivity index (χ3v) is 12.4. The molecule has 7 heteroatoms.